The number of benzene rings is 1. The Balaban J connectivity index is 1.54. The normalized spacial score (nSPS) is 35.5. The zero-order valence-electron chi connectivity index (χ0n) is 14.9. The minimum Gasteiger partial charge on any atom is -0.469 e. The van der Waals surface area contributed by atoms with Crippen molar-refractivity contribution in [1.82, 2.24) is 4.98 Å². The molecule has 136 valence electrons. The quantitative estimate of drug-likeness (QED) is 0.683. The first-order valence-electron chi connectivity index (χ1n) is 9.57. The number of piperidine rings is 1. The summed E-state index contributed by atoms with van der Waals surface area (Å²) in [6.07, 6.45) is 6.55. The second kappa shape index (κ2) is 5.96. The molecule has 1 saturated carbocycles. The summed E-state index contributed by atoms with van der Waals surface area (Å²) in [5, 5.41) is 11.7. The van der Waals surface area contributed by atoms with Gasteiger partial charge in [0.05, 0.1) is 37.6 Å². The summed E-state index contributed by atoms with van der Waals surface area (Å²) in [6.45, 7) is 1.01. The molecule has 3 heterocycles. The number of ether oxygens (including phenoxy) is 1. The molecule has 0 radical (unpaired) electrons. The number of carbonyl (C=O) groups excluding carboxylic acids is 1. The Labute approximate surface area is 152 Å². The van der Waals surface area contributed by atoms with Crippen molar-refractivity contribution in [2.45, 2.75) is 31.4 Å². The van der Waals surface area contributed by atoms with Gasteiger partial charge in [-0.25, -0.2) is 0 Å². The van der Waals surface area contributed by atoms with Gasteiger partial charge in [-0.3, -0.25) is 4.79 Å². The number of carbonyl (C=O) groups is 1. The first kappa shape index (κ1) is 16.1. The van der Waals surface area contributed by atoms with Gasteiger partial charge in [0.15, 0.2) is 0 Å². The predicted octanol–water partition coefficient (Wildman–Crippen LogP) is 1.66. The molecule has 0 bridgehead atoms. The van der Waals surface area contributed by atoms with Gasteiger partial charge >= 0.3 is 5.97 Å². The Bertz CT molecular complexity index is 887. The highest BCUT2D eigenvalue weighted by atomic mass is 16.5. The second-order valence-corrected chi connectivity index (χ2v) is 8.02. The molecule has 3 aliphatic rings. The maximum absolute atomic E-state index is 12.4. The number of aromatic nitrogens is 1. The van der Waals surface area contributed by atoms with Crippen LogP contribution >= 0.6 is 0 Å². The number of hydrogen-bond donors (Lipinski definition) is 3. The first-order chi connectivity index (χ1) is 12.7. The summed E-state index contributed by atoms with van der Waals surface area (Å²) in [5.74, 6) is 0.00736. The molecule has 1 aromatic carbocycles. The Hall–Kier alpha value is -2.11. The van der Waals surface area contributed by atoms with E-state index in [1.807, 2.05) is 0 Å². The Morgan fingerprint density at radius 3 is 3.00 bits per heavy atom. The van der Waals surface area contributed by atoms with E-state index < -0.39 is 6.10 Å². The highest BCUT2D eigenvalue weighted by Gasteiger charge is 2.51. The van der Waals surface area contributed by atoms with E-state index in [9.17, 15) is 9.90 Å². The zero-order valence-corrected chi connectivity index (χ0v) is 14.9. The molecule has 5 heteroatoms. The molecule has 1 aliphatic carbocycles. The monoisotopic (exact) mass is 353 g/mol. The highest BCUT2D eigenvalue weighted by molar-refractivity contribution is 5.90. The minimum atomic E-state index is -0.577. The summed E-state index contributed by atoms with van der Waals surface area (Å²) in [6, 6.07) is 8.72. The second-order valence-electron chi connectivity index (χ2n) is 8.02. The van der Waals surface area contributed by atoms with E-state index in [-0.39, 0.29) is 17.8 Å². The van der Waals surface area contributed by atoms with Crippen LogP contribution in [0.15, 0.2) is 30.5 Å². The van der Waals surface area contributed by atoms with Crippen molar-refractivity contribution >= 4 is 22.9 Å². The summed E-state index contributed by atoms with van der Waals surface area (Å²) in [4.78, 5) is 17.5. The van der Waals surface area contributed by atoms with Crippen LogP contribution in [0.1, 0.15) is 36.6 Å². The summed E-state index contributed by atoms with van der Waals surface area (Å²) < 4.78 is 5.04. The molecule has 2 fully saturated rings. The topological polar surface area (TPSA) is 66.8 Å². The average Bonchev–Trinajstić information content (AvgIpc) is 3.05. The first-order valence-corrected chi connectivity index (χ1v) is 9.57. The number of nitrogens with one attached hydrogen (secondary N) is 2. The lowest BCUT2D eigenvalue weighted by molar-refractivity contribution is -0.893. The summed E-state index contributed by atoms with van der Waals surface area (Å²) in [7, 11) is 1.43. The zero-order chi connectivity index (χ0) is 17.8. The van der Waals surface area contributed by atoms with Gasteiger partial charge in [0, 0.05) is 34.9 Å². The number of fused-ring (bicyclic) bond motifs is 6. The average molecular weight is 353 g/mol. The highest BCUT2D eigenvalue weighted by Crippen LogP contribution is 2.44. The SMILES string of the molecule is COC(=O)[C@@H]1[C@@H]2CC3c4[nH]c5ccccc5c4C=C[NH+]3C[C@@H]2CC[C@@H]1O. The van der Waals surface area contributed by atoms with Crippen molar-refractivity contribution in [3.8, 4) is 0 Å². The fourth-order valence-electron chi connectivity index (χ4n) is 5.60. The van der Waals surface area contributed by atoms with Crippen LogP contribution in [0.25, 0.3) is 17.0 Å². The van der Waals surface area contributed by atoms with Crippen LogP contribution in [0, 0.1) is 17.8 Å². The van der Waals surface area contributed by atoms with E-state index in [1.54, 1.807) is 0 Å². The molecule has 5 rings (SSSR count). The Morgan fingerprint density at radius 1 is 1.31 bits per heavy atom. The van der Waals surface area contributed by atoms with Gasteiger partial charge in [0.2, 0.25) is 0 Å². The van der Waals surface area contributed by atoms with Crippen molar-refractivity contribution in [2.75, 3.05) is 13.7 Å². The number of esters is 1. The van der Waals surface area contributed by atoms with Crippen LogP contribution in [0.4, 0.5) is 0 Å². The van der Waals surface area contributed by atoms with Crippen LogP contribution in [-0.2, 0) is 9.53 Å². The molecule has 6 atom stereocenters. The Morgan fingerprint density at radius 2 is 2.15 bits per heavy atom. The number of para-hydroxylation sites is 1. The lowest BCUT2D eigenvalue weighted by Crippen LogP contribution is -3.10. The number of aliphatic hydroxyl groups is 1. The van der Waals surface area contributed by atoms with Gasteiger partial charge in [-0.1, -0.05) is 18.2 Å². The van der Waals surface area contributed by atoms with Gasteiger partial charge in [-0.2, -0.15) is 0 Å². The standard InChI is InChI=1S/C21H24N2O3/c1-26-21(25)19-15-10-17-20-14(13-4-2-3-5-16(13)22-20)8-9-23(17)11-12(15)6-7-18(19)24/h2-5,8-9,12,15,17-19,22,24H,6-7,10-11H2,1H3/p+1/t12-,15+,17?,18-,19+/m0/s1. The van der Waals surface area contributed by atoms with Gasteiger partial charge in [0.1, 0.15) is 6.04 Å². The van der Waals surface area contributed by atoms with Crippen molar-refractivity contribution in [3.05, 3.63) is 41.7 Å². The van der Waals surface area contributed by atoms with E-state index in [0.29, 0.717) is 18.4 Å². The lowest BCUT2D eigenvalue weighted by atomic mass is 9.65. The van der Waals surface area contributed by atoms with Crippen LogP contribution in [0.3, 0.4) is 0 Å². The third kappa shape index (κ3) is 2.27. The maximum Gasteiger partial charge on any atom is 0.311 e. The van der Waals surface area contributed by atoms with E-state index in [1.165, 1.54) is 34.2 Å². The number of H-pyrrole nitrogens is 1. The number of aliphatic hydroxyl groups excluding tert-OH is 1. The van der Waals surface area contributed by atoms with Gasteiger partial charge < -0.3 is 19.7 Å². The molecule has 1 aromatic heterocycles. The van der Waals surface area contributed by atoms with Crippen molar-refractivity contribution in [1.29, 1.82) is 0 Å². The summed E-state index contributed by atoms with van der Waals surface area (Å²) >= 11 is 0. The third-order valence-corrected chi connectivity index (χ3v) is 6.83. The molecule has 3 N–H and O–H groups in total. The van der Waals surface area contributed by atoms with Crippen molar-refractivity contribution in [2.24, 2.45) is 17.8 Å². The lowest BCUT2D eigenvalue weighted by Gasteiger charge is -2.47. The van der Waals surface area contributed by atoms with Gasteiger partial charge in [-0.15, -0.1) is 0 Å². The molecule has 2 aromatic rings. The van der Waals surface area contributed by atoms with Crippen LogP contribution in [0.5, 0.6) is 0 Å². The number of quaternary nitrogens is 1. The van der Waals surface area contributed by atoms with E-state index in [4.69, 9.17) is 4.74 Å². The number of rotatable bonds is 1. The van der Waals surface area contributed by atoms with E-state index in [0.717, 1.165) is 19.4 Å². The number of aromatic amines is 1. The van der Waals surface area contributed by atoms with E-state index >= 15 is 0 Å². The minimum absolute atomic E-state index is 0.186. The smallest absolute Gasteiger partial charge is 0.311 e. The predicted molar refractivity (Wildman–Crippen MR) is 98.2 cm³/mol. The molecular weight excluding hydrogens is 328 g/mol. The molecule has 0 amide bonds. The molecule has 2 aliphatic heterocycles. The summed E-state index contributed by atoms with van der Waals surface area (Å²) in [5.41, 5.74) is 3.71. The Kier molecular flexibility index (Phi) is 3.69. The van der Waals surface area contributed by atoms with Crippen LogP contribution in [0.2, 0.25) is 0 Å². The number of methoxy groups -OCH3 is 1. The fraction of sp³-hybridized carbons (Fsp3) is 0.476. The largest absolute Gasteiger partial charge is 0.469 e. The molecule has 2 unspecified atom stereocenters. The van der Waals surface area contributed by atoms with Crippen LogP contribution < -0.4 is 4.90 Å². The molecule has 0 spiro atoms. The molecular formula is C21H25N2O3+. The van der Waals surface area contributed by atoms with E-state index in [2.05, 4.69) is 41.5 Å². The third-order valence-electron chi connectivity index (χ3n) is 6.83. The molecule has 26 heavy (non-hydrogen) atoms. The van der Waals surface area contributed by atoms with Crippen molar-refractivity contribution < 1.29 is 19.5 Å². The maximum atomic E-state index is 12.4. The molecule has 5 nitrogen and oxygen atoms in total. The molecule has 1 saturated heterocycles. The number of hydrogen-bond acceptors (Lipinski definition) is 3. The fourth-order valence-corrected chi connectivity index (χ4v) is 5.60. The van der Waals surface area contributed by atoms with Crippen molar-refractivity contribution in [3.63, 3.8) is 0 Å². The van der Waals surface area contributed by atoms with Gasteiger partial charge in [-0.05, 0) is 24.8 Å². The van der Waals surface area contributed by atoms with Gasteiger partial charge in [0.25, 0.3) is 0 Å². The van der Waals surface area contributed by atoms with Crippen LogP contribution in [-0.4, -0.2) is 35.8 Å².